The third-order valence-electron chi connectivity index (χ3n) is 3.31. The number of benzene rings is 1. The molecule has 8 heteroatoms. The maximum atomic E-state index is 11.8. The molecule has 25 heavy (non-hydrogen) atoms. The zero-order valence-electron chi connectivity index (χ0n) is 13.6. The Morgan fingerprint density at radius 1 is 1.28 bits per heavy atom. The SMILES string of the molecule is COc1ccc(-c2nc(CSCC(=O)NCc3ccco3)no2)cc1. The molecular weight excluding hydrogens is 342 g/mol. The molecular formula is C17H17N3O4S. The van der Waals surface area contributed by atoms with Crippen molar-refractivity contribution in [2.75, 3.05) is 12.9 Å². The molecule has 0 aliphatic carbocycles. The summed E-state index contributed by atoms with van der Waals surface area (Å²) in [6.45, 7) is 0.385. The molecule has 0 saturated carbocycles. The van der Waals surface area contributed by atoms with Gasteiger partial charge in [-0.2, -0.15) is 4.98 Å². The number of carbonyl (C=O) groups excluding carboxylic acids is 1. The standard InChI is InChI=1S/C17H17N3O4S/c1-22-13-6-4-12(5-7-13)17-19-15(20-24-17)10-25-11-16(21)18-9-14-3-2-8-23-14/h2-8H,9-11H2,1H3,(H,18,21). The van der Waals surface area contributed by atoms with Crippen LogP contribution in [-0.2, 0) is 17.1 Å². The molecule has 0 atom stereocenters. The van der Waals surface area contributed by atoms with Crippen molar-refractivity contribution in [1.29, 1.82) is 0 Å². The average molecular weight is 359 g/mol. The fourth-order valence-corrected chi connectivity index (χ4v) is 2.74. The third kappa shape index (κ3) is 4.87. The van der Waals surface area contributed by atoms with Gasteiger partial charge in [-0.05, 0) is 36.4 Å². The quantitative estimate of drug-likeness (QED) is 0.661. The summed E-state index contributed by atoms with van der Waals surface area (Å²) in [4.78, 5) is 16.1. The van der Waals surface area contributed by atoms with E-state index in [1.807, 2.05) is 30.3 Å². The molecule has 0 unspecified atom stereocenters. The number of thioether (sulfide) groups is 1. The van der Waals surface area contributed by atoms with Gasteiger partial charge in [-0.25, -0.2) is 0 Å². The molecule has 0 fully saturated rings. The van der Waals surface area contributed by atoms with Gasteiger partial charge in [0.15, 0.2) is 5.82 Å². The lowest BCUT2D eigenvalue weighted by atomic mass is 10.2. The summed E-state index contributed by atoms with van der Waals surface area (Å²) in [6.07, 6.45) is 1.58. The van der Waals surface area contributed by atoms with Gasteiger partial charge in [0.1, 0.15) is 11.5 Å². The van der Waals surface area contributed by atoms with Crippen molar-refractivity contribution in [2.45, 2.75) is 12.3 Å². The Bertz CT molecular complexity index is 800. The monoisotopic (exact) mass is 359 g/mol. The van der Waals surface area contributed by atoms with E-state index in [9.17, 15) is 4.79 Å². The summed E-state index contributed by atoms with van der Waals surface area (Å²) in [7, 11) is 1.61. The van der Waals surface area contributed by atoms with Crippen LogP contribution in [0.1, 0.15) is 11.6 Å². The summed E-state index contributed by atoms with van der Waals surface area (Å²) in [6, 6.07) is 11.0. The van der Waals surface area contributed by atoms with Crippen molar-refractivity contribution in [3.8, 4) is 17.2 Å². The number of nitrogens with one attached hydrogen (secondary N) is 1. The maximum absolute atomic E-state index is 11.8. The number of rotatable bonds is 8. The van der Waals surface area contributed by atoms with Gasteiger partial charge in [-0.1, -0.05) is 5.16 Å². The number of hydrogen-bond donors (Lipinski definition) is 1. The lowest BCUT2D eigenvalue weighted by Crippen LogP contribution is -2.24. The molecule has 0 bridgehead atoms. The molecule has 0 aliphatic heterocycles. The van der Waals surface area contributed by atoms with Crippen LogP contribution in [-0.4, -0.2) is 28.9 Å². The highest BCUT2D eigenvalue weighted by atomic mass is 32.2. The number of methoxy groups -OCH3 is 1. The highest BCUT2D eigenvalue weighted by Gasteiger charge is 2.10. The largest absolute Gasteiger partial charge is 0.497 e. The third-order valence-corrected chi connectivity index (χ3v) is 4.24. The van der Waals surface area contributed by atoms with Crippen LogP contribution in [0.4, 0.5) is 0 Å². The first kappa shape index (κ1) is 17.1. The minimum absolute atomic E-state index is 0.0692. The second kappa shape index (κ2) is 8.39. The molecule has 130 valence electrons. The molecule has 2 aromatic heterocycles. The van der Waals surface area contributed by atoms with E-state index >= 15 is 0 Å². The van der Waals surface area contributed by atoms with Crippen LogP contribution in [0.15, 0.2) is 51.6 Å². The van der Waals surface area contributed by atoms with Crippen LogP contribution in [0.3, 0.4) is 0 Å². The normalized spacial score (nSPS) is 10.6. The van der Waals surface area contributed by atoms with Crippen LogP contribution < -0.4 is 10.1 Å². The molecule has 1 aromatic carbocycles. The fourth-order valence-electron chi connectivity index (χ4n) is 2.05. The lowest BCUT2D eigenvalue weighted by molar-refractivity contribution is -0.118. The van der Waals surface area contributed by atoms with Gasteiger partial charge in [0.2, 0.25) is 5.91 Å². The first-order valence-electron chi connectivity index (χ1n) is 7.58. The number of amides is 1. The van der Waals surface area contributed by atoms with Gasteiger partial charge >= 0.3 is 0 Å². The number of nitrogens with zero attached hydrogens (tertiary/aromatic N) is 2. The molecule has 3 aromatic rings. The molecule has 0 radical (unpaired) electrons. The molecule has 1 N–H and O–H groups in total. The summed E-state index contributed by atoms with van der Waals surface area (Å²) in [5.74, 6) is 3.22. The Morgan fingerprint density at radius 3 is 2.84 bits per heavy atom. The minimum Gasteiger partial charge on any atom is -0.497 e. The van der Waals surface area contributed by atoms with Crippen molar-refractivity contribution in [3.63, 3.8) is 0 Å². The predicted octanol–water partition coefficient (Wildman–Crippen LogP) is 2.89. The number of carbonyl (C=O) groups is 1. The smallest absolute Gasteiger partial charge is 0.257 e. The Balaban J connectivity index is 1.44. The molecule has 0 saturated heterocycles. The molecule has 0 spiro atoms. The van der Waals surface area contributed by atoms with Crippen molar-refractivity contribution in [1.82, 2.24) is 15.5 Å². The zero-order chi connectivity index (χ0) is 17.5. The molecule has 0 aliphatic rings. The predicted molar refractivity (Wildman–Crippen MR) is 93.0 cm³/mol. The minimum atomic E-state index is -0.0692. The molecule has 3 rings (SSSR count). The lowest BCUT2D eigenvalue weighted by Gasteiger charge is -2.01. The van der Waals surface area contributed by atoms with Gasteiger partial charge in [0.05, 0.1) is 31.4 Å². The molecule has 1 amide bonds. The van der Waals surface area contributed by atoms with Crippen LogP contribution in [0, 0.1) is 0 Å². The summed E-state index contributed by atoms with van der Waals surface area (Å²) in [5.41, 5.74) is 0.820. The van der Waals surface area contributed by atoms with Crippen LogP contribution >= 0.6 is 11.8 Å². The van der Waals surface area contributed by atoms with E-state index in [0.717, 1.165) is 17.1 Å². The Kier molecular flexibility index (Phi) is 5.73. The van der Waals surface area contributed by atoms with Gasteiger partial charge in [0.25, 0.3) is 5.89 Å². The molecule has 7 nitrogen and oxygen atoms in total. The first-order chi connectivity index (χ1) is 12.2. The van der Waals surface area contributed by atoms with E-state index in [2.05, 4.69) is 15.5 Å². The number of aromatic nitrogens is 2. The zero-order valence-corrected chi connectivity index (χ0v) is 14.4. The van der Waals surface area contributed by atoms with Gasteiger partial charge in [-0.3, -0.25) is 4.79 Å². The van der Waals surface area contributed by atoms with E-state index in [-0.39, 0.29) is 5.91 Å². The maximum Gasteiger partial charge on any atom is 0.257 e. The van der Waals surface area contributed by atoms with Crippen LogP contribution in [0.25, 0.3) is 11.5 Å². The number of hydrogen-bond acceptors (Lipinski definition) is 7. The molecule has 2 heterocycles. The van der Waals surface area contributed by atoms with E-state index in [1.54, 1.807) is 19.4 Å². The van der Waals surface area contributed by atoms with E-state index in [1.165, 1.54) is 11.8 Å². The van der Waals surface area contributed by atoms with Gasteiger partial charge < -0.3 is 19.0 Å². The topological polar surface area (TPSA) is 90.4 Å². The van der Waals surface area contributed by atoms with Gasteiger partial charge in [0, 0.05) is 5.56 Å². The van der Waals surface area contributed by atoms with Crippen LogP contribution in [0.5, 0.6) is 5.75 Å². The van der Waals surface area contributed by atoms with E-state index < -0.39 is 0 Å². The average Bonchev–Trinajstić information content (AvgIpc) is 3.32. The van der Waals surface area contributed by atoms with Crippen molar-refractivity contribution >= 4 is 17.7 Å². The second-order valence-corrected chi connectivity index (χ2v) is 6.08. The van der Waals surface area contributed by atoms with E-state index in [4.69, 9.17) is 13.7 Å². The van der Waals surface area contributed by atoms with Crippen molar-refractivity contribution in [2.24, 2.45) is 0 Å². The highest BCUT2D eigenvalue weighted by molar-refractivity contribution is 7.99. The van der Waals surface area contributed by atoms with Gasteiger partial charge in [-0.15, -0.1) is 11.8 Å². The van der Waals surface area contributed by atoms with Crippen molar-refractivity contribution in [3.05, 3.63) is 54.2 Å². The number of ether oxygens (including phenoxy) is 1. The fraction of sp³-hybridized carbons (Fsp3) is 0.235. The number of furan rings is 1. The van der Waals surface area contributed by atoms with Crippen molar-refractivity contribution < 1.29 is 18.5 Å². The summed E-state index contributed by atoms with van der Waals surface area (Å²) >= 11 is 1.42. The van der Waals surface area contributed by atoms with E-state index in [0.29, 0.717) is 29.8 Å². The Hall–Kier alpha value is -2.74. The summed E-state index contributed by atoms with van der Waals surface area (Å²) < 4.78 is 15.5. The van der Waals surface area contributed by atoms with Crippen LogP contribution in [0.2, 0.25) is 0 Å². The second-order valence-electron chi connectivity index (χ2n) is 5.09. The highest BCUT2D eigenvalue weighted by Crippen LogP contribution is 2.21. The summed E-state index contributed by atoms with van der Waals surface area (Å²) in [5, 5.41) is 6.72. The Labute approximate surface area is 148 Å². The first-order valence-corrected chi connectivity index (χ1v) is 8.74. The Morgan fingerprint density at radius 2 is 2.12 bits per heavy atom.